The third-order valence-corrected chi connectivity index (χ3v) is 4.81. The fourth-order valence-corrected chi connectivity index (χ4v) is 3.41. The number of hydrogen-bond donors (Lipinski definition) is 2. The summed E-state index contributed by atoms with van der Waals surface area (Å²) in [5.74, 6) is 0.245. The number of ether oxygens (including phenoxy) is 1. The number of para-hydroxylation sites is 3. The average molecular weight is 403 g/mol. The van der Waals surface area contributed by atoms with Crippen LogP contribution in [0, 0.1) is 4.77 Å². The van der Waals surface area contributed by atoms with Crippen molar-refractivity contribution < 1.29 is 9.53 Å². The van der Waals surface area contributed by atoms with Gasteiger partial charge in [-0.3, -0.25) is 14.2 Å². The molecule has 4 rings (SSSR count). The van der Waals surface area contributed by atoms with Crippen molar-refractivity contribution in [2.75, 3.05) is 12.4 Å². The zero-order chi connectivity index (χ0) is 20.4. The van der Waals surface area contributed by atoms with E-state index in [1.807, 2.05) is 42.5 Å². The monoisotopic (exact) mass is 403 g/mol. The van der Waals surface area contributed by atoms with Gasteiger partial charge in [-0.2, -0.15) is 0 Å². The molecular weight excluding hydrogens is 386 g/mol. The zero-order valence-electron chi connectivity index (χ0n) is 15.5. The lowest BCUT2D eigenvalue weighted by atomic mass is 10.1. The SMILES string of the molecule is COc1ccccc1NC(=O)c1ccc2c(=O)n(-c3ccccc3)c(=S)[nH]c2c1. The number of anilines is 1. The Balaban J connectivity index is 1.75. The number of methoxy groups -OCH3 is 1. The summed E-state index contributed by atoms with van der Waals surface area (Å²) in [5, 5.41) is 3.26. The van der Waals surface area contributed by atoms with Gasteiger partial charge in [0, 0.05) is 5.56 Å². The molecule has 0 spiro atoms. The van der Waals surface area contributed by atoms with Gasteiger partial charge in [0.1, 0.15) is 5.75 Å². The Kier molecular flexibility index (Phi) is 4.97. The highest BCUT2D eigenvalue weighted by atomic mass is 32.1. The number of nitrogens with zero attached hydrogens (tertiary/aromatic N) is 1. The molecule has 0 unspecified atom stereocenters. The second kappa shape index (κ2) is 7.73. The smallest absolute Gasteiger partial charge is 0.266 e. The number of H-pyrrole nitrogens is 1. The maximum atomic E-state index is 13.0. The van der Waals surface area contributed by atoms with Gasteiger partial charge in [-0.25, -0.2) is 0 Å². The van der Waals surface area contributed by atoms with Crippen LogP contribution >= 0.6 is 12.2 Å². The summed E-state index contributed by atoms with van der Waals surface area (Å²) in [6, 6.07) is 21.2. The molecule has 2 N–H and O–H groups in total. The average Bonchev–Trinajstić information content (AvgIpc) is 2.74. The van der Waals surface area contributed by atoms with E-state index in [2.05, 4.69) is 10.3 Å². The first-order valence-corrected chi connectivity index (χ1v) is 9.28. The van der Waals surface area contributed by atoms with E-state index < -0.39 is 0 Å². The minimum atomic E-state index is -0.317. The highest BCUT2D eigenvalue weighted by Crippen LogP contribution is 2.24. The number of carbonyl (C=O) groups is 1. The van der Waals surface area contributed by atoms with Crippen LogP contribution in [0.15, 0.2) is 77.6 Å². The van der Waals surface area contributed by atoms with Crippen molar-refractivity contribution >= 4 is 34.7 Å². The molecule has 1 aromatic heterocycles. The number of fused-ring (bicyclic) bond motifs is 1. The largest absolute Gasteiger partial charge is 0.495 e. The van der Waals surface area contributed by atoms with Crippen molar-refractivity contribution in [2.24, 2.45) is 0 Å². The topological polar surface area (TPSA) is 76.1 Å². The summed E-state index contributed by atoms with van der Waals surface area (Å²) in [7, 11) is 1.54. The maximum Gasteiger partial charge on any atom is 0.266 e. The fraction of sp³-hybridized carbons (Fsp3) is 0.0455. The lowest BCUT2D eigenvalue weighted by Gasteiger charge is -2.11. The van der Waals surface area contributed by atoms with Gasteiger partial charge in [0.2, 0.25) is 0 Å². The minimum Gasteiger partial charge on any atom is -0.495 e. The minimum absolute atomic E-state index is 0.244. The van der Waals surface area contributed by atoms with Gasteiger partial charge in [-0.15, -0.1) is 0 Å². The molecule has 6 nitrogen and oxygen atoms in total. The Hall–Kier alpha value is -3.71. The van der Waals surface area contributed by atoms with Crippen LogP contribution in [0.2, 0.25) is 0 Å². The fourth-order valence-electron chi connectivity index (χ4n) is 3.11. The number of aromatic nitrogens is 2. The predicted octanol–water partition coefficient (Wildman–Crippen LogP) is 4.31. The van der Waals surface area contributed by atoms with Gasteiger partial charge in [-0.1, -0.05) is 30.3 Å². The standard InChI is InChI=1S/C22H17N3O3S/c1-28-19-10-6-5-9-17(19)23-20(26)14-11-12-16-18(13-14)24-22(29)25(21(16)27)15-7-3-2-4-8-15/h2-13H,1H3,(H,23,26)(H,24,29). The normalized spacial score (nSPS) is 10.7. The van der Waals surface area contributed by atoms with Crippen LogP contribution in [-0.4, -0.2) is 22.6 Å². The lowest BCUT2D eigenvalue weighted by molar-refractivity contribution is 0.102. The van der Waals surface area contributed by atoms with E-state index in [9.17, 15) is 9.59 Å². The molecule has 0 atom stereocenters. The highest BCUT2D eigenvalue weighted by Gasteiger charge is 2.13. The number of benzene rings is 3. The lowest BCUT2D eigenvalue weighted by Crippen LogP contribution is -2.21. The van der Waals surface area contributed by atoms with Crippen LogP contribution in [0.5, 0.6) is 5.75 Å². The summed E-state index contributed by atoms with van der Waals surface area (Å²) >= 11 is 5.39. The molecule has 0 aliphatic carbocycles. The number of nitrogens with one attached hydrogen (secondary N) is 2. The molecule has 1 heterocycles. The molecule has 7 heteroatoms. The Morgan fingerprint density at radius 2 is 1.76 bits per heavy atom. The van der Waals surface area contributed by atoms with Crippen LogP contribution in [0.1, 0.15) is 10.4 Å². The molecule has 0 saturated heterocycles. The van der Waals surface area contributed by atoms with Crippen LogP contribution < -0.4 is 15.6 Å². The van der Waals surface area contributed by atoms with Crippen LogP contribution in [0.3, 0.4) is 0 Å². The number of carbonyl (C=O) groups excluding carboxylic acids is 1. The van der Waals surface area contributed by atoms with E-state index in [1.54, 1.807) is 37.4 Å². The molecule has 0 radical (unpaired) electrons. The highest BCUT2D eigenvalue weighted by molar-refractivity contribution is 7.71. The van der Waals surface area contributed by atoms with Gasteiger partial charge in [0.15, 0.2) is 4.77 Å². The van der Waals surface area contributed by atoms with Crippen LogP contribution in [0.4, 0.5) is 5.69 Å². The van der Waals surface area contributed by atoms with Gasteiger partial charge in [0.05, 0.1) is 29.4 Å². The second-order valence-corrected chi connectivity index (χ2v) is 6.71. The van der Waals surface area contributed by atoms with Crippen LogP contribution in [0.25, 0.3) is 16.6 Å². The molecular formula is C22H17N3O3S. The van der Waals surface area contributed by atoms with Crippen molar-refractivity contribution in [1.82, 2.24) is 9.55 Å². The molecule has 3 aromatic carbocycles. The first-order valence-electron chi connectivity index (χ1n) is 8.87. The molecule has 4 aromatic rings. The van der Waals surface area contributed by atoms with E-state index in [1.165, 1.54) is 4.57 Å². The third-order valence-electron chi connectivity index (χ3n) is 4.53. The Morgan fingerprint density at radius 3 is 2.52 bits per heavy atom. The third kappa shape index (κ3) is 3.55. The van der Waals surface area contributed by atoms with E-state index >= 15 is 0 Å². The molecule has 144 valence electrons. The number of hydrogen-bond acceptors (Lipinski definition) is 4. The van der Waals surface area contributed by atoms with Crippen LogP contribution in [-0.2, 0) is 0 Å². The Morgan fingerprint density at radius 1 is 1.03 bits per heavy atom. The maximum absolute atomic E-state index is 13.0. The summed E-state index contributed by atoms with van der Waals surface area (Å²) < 4.78 is 6.96. The Labute approximate surface area is 171 Å². The summed E-state index contributed by atoms with van der Waals surface area (Å²) in [6.45, 7) is 0. The summed E-state index contributed by atoms with van der Waals surface area (Å²) in [6.07, 6.45) is 0. The molecule has 1 amide bonds. The Bertz CT molecular complexity index is 1330. The predicted molar refractivity (Wildman–Crippen MR) is 116 cm³/mol. The summed E-state index contributed by atoms with van der Waals surface area (Å²) in [5.41, 5.74) is 1.89. The van der Waals surface area contributed by atoms with Gasteiger partial charge >= 0.3 is 0 Å². The van der Waals surface area contributed by atoms with Gasteiger partial charge < -0.3 is 15.0 Å². The van der Waals surface area contributed by atoms with Crippen molar-refractivity contribution in [1.29, 1.82) is 0 Å². The number of amides is 1. The molecule has 0 aliphatic rings. The quantitative estimate of drug-likeness (QED) is 0.498. The van der Waals surface area contributed by atoms with E-state index in [0.717, 1.165) is 0 Å². The van der Waals surface area contributed by atoms with Crippen molar-refractivity contribution in [3.63, 3.8) is 0 Å². The van der Waals surface area contributed by atoms with Crippen molar-refractivity contribution in [3.05, 3.63) is 93.5 Å². The van der Waals surface area contributed by atoms with E-state index in [4.69, 9.17) is 17.0 Å². The first-order chi connectivity index (χ1) is 14.1. The van der Waals surface area contributed by atoms with E-state index in [-0.39, 0.29) is 16.2 Å². The van der Waals surface area contributed by atoms with Crippen molar-refractivity contribution in [2.45, 2.75) is 0 Å². The zero-order valence-corrected chi connectivity index (χ0v) is 16.3. The van der Waals surface area contributed by atoms with Gasteiger partial charge in [-0.05, 0) is 54.7 Å². The van der Waals surface area contributed by atoms with Crippen molar-refractivity contribution in [3.8, 4) is 11.4 Å². The molecule has 0 saturated carbocycles. The summed E-state index contributed by atoms with van der Waals surface area (Å²) in [4.78, 5) is 28.7. The molecule has 0 fully saturated rings. The number of rotatable bonds is 4. The first kappa shape index (κ1) is 18.6. The van der Waals surface area contributed by atoms with Gasteiger partial charge in [0.25, 0.3) is 11.5 Å². The molecule has 0 aliphatic heterocycles. The molecule has 0 bridgehead atoms. The number of aromatic amines is 1. The van der Waals surface area contributed by atoms with E-state index in [0.29, 0.717) is 33.6 Å². The molecule has 29 heavy (non-hydrogen) atoms. The second-order valence-electron chi connectivity index (χ2n) is 6.32.